The topological polar surface area (TPSA) is 67.8 Å². The van der Waals surface area contributed by atoms with Crippen molar-refractivity contribution in [3.63, 3.8) is 0 Å². The van der Waals surface area contributed by atoms with Gasteiger partial charge in [0.25, 0.3) is 5.91 Å². The average molecular weight is 248 g/mol. The largest absolute Gasteiger partial charge is 0.289 e. The molecule has 0 unspecified atom stereocenters. The van der Waals surface area contributed by atoms with Gasteiger partial charge in [0.05, 0.1) is 5.01 Å². The van der Waals surface area contributed by atoms with Crippen molar-refractivity contribution < 1.29 is 4.79 Å². The number of nitrogens with one attached hydrogen (secondary N) is 1. The first-order valence-electron chi connectivity index (χ1n) is 5.11. The van der Waals surface area contributed by atoms with Crippen LogP contribution in [0.4, 0.5) is 5.95 Å². The first-order chi connectivity index (χ1) is 8.06. The molecule has 2 heterocycles. The molecule has 2 rings (SSSR count). The van der Waals surface area contributed by atoms with Gasteiger partial charge in [-0.3, -0.25) is 10.1 Å². The van der Waals surface area contributed by atoms with Gasteiger partial charge < -0.3 is 0 Å². The average Bonchev–Trinajstić information content (AvgIpc) is 2.58. The summed E-state index contributed by atoms with van der Waals surface area (Å²) in [6, 6.07) is 1.77. The first-order valence-corrected chi connectivity index (χ1v) is 5.93. The van der Waals surface area contributed by atoms with E-state index in [1.807, 2.05) is 20.8 Å². The van der Waals surface area contributed by atoms with Gasteiger partial charge >= 0.3 is 0 Å². The lowest BCUT2D eigenvalue weighted by molar-refractivity contribution is 0.102. The fraction of sp³-hybridized carbons (Fsp3) is 0.273. The van der Waals surface area contributed by atoms with Crippen LogP contribution in [0, 0.1) is 20.8 Å². The third-order valence-electron chi connectivity index (χ3n) is 2.14. The molecule has 17 heavy (non-hydrogen) atoms. The number of anilines is 1. The van der Waals surface area contributed by atoms with Gasteiger partial charge in [-0.15, -0.1) is 11.3 Å². The SMILES string of the molecule is Cc1ccnc(NC(=O)c2nc(C)sc2C)n1. The predicted molar refractivity (Wildman–Crippen MR) is 66.3 cm³/mol. The Hall–Kier alpha value is -1.82. The maximum atomic E-state index is 11.9. The Morgan fingerprint density at radius 2 is 2.06 bits per heavy atom. The van der Waals surface area contributed by atoms with Gasteiger partial charge in [-0.25, -0.2) is 15.0 Å². The third-order valence-corrected chi connectivity index (χ3v) is 3.02. The van der Waals surface area contributed by atoms with E-state index in [0.717, 1.165) is 15.6 Å². The second-order valence-electron chi connectivity index (χ2n) is 3.61. The zero-order valence-corrected chi connectivity index (χ0v) is 10.6. The van der Waals surface area contributed by atoms with Crippen LogP contribution in [-0.2, 0) is 0 Å². The van der Waals surface area contributed by atoms with E-state index in [1.54, 1.807) is 12.3 Å². The number of nitrogens with zero attached hydrogens (tertiary/aromatic N) is 3. The van der Waals surface area contributed by atoms with E-state index >= 15 is 0 Å². The van der Waals surface area contributed by atoms with Crippen LogP contribution < -0.4 is 5.32 Å². The van der Waals surface area contributed by atoms with Gasteiger partial charge in [0.15, 0.2) is 0 Å². The summed E-state index contributed by atoms with van der Waals surface area (Å²) >= 11 is 1.50. The number of hydrogen-bond acceptors (Lipinski definition) is 5. The second kappa shape index (κ2) is 4.58. The van der Waals surface area contributed by atoms with Crippen molar-refractivity contribution in [2.24, 2.45) is 0 Å². The molecule has 88 valence electrons. The zero-order chi connectivity index (χ0) is 12.4. The molecule has 0 spiro atoms. The minimum absolute atomic E-state index is 0.266. The Bertz CT molecular complexity index is 564. The molecule has 0 aliphatic rings. The summed E-state index contributed by atoms with van der Waals surface area (Å²) in [4.78, 5) is 25.1. The number of rotatable bonds is 2. The van der Waals surface area contributed by atoms with Gasteiger partial charge in [0.1, 0.15) is 5.69 Å². The van der Waals surface area contributed by atoms with Crippen LogP contribution in [0.1, 0.15) is 26.1 Å². The lowest BCUT2D eigenvalue weighted by atomic mass is 10.3. The van der Waals surface area contributed by atoms with E-state index in [2.05, 4.69) is 20.3 Å². The molecule has 5 nitrogen and oxygen atoms in total. The van der Waals surface area contributed by atoms with Crippen molar-refractivity contribution in [3.05, 3.63) is 33.5 Å². The first kappa shape index (κ1) is 11.7. The highest BCUT2D eigenvalue weighted by molar-refractivity contribution is 7.11. The smallest absolute Gasteiger partial charge is 0.277 e. The van der Waals surface area contributed by atoms with Crippen molar-refractivity contribution in [3.8, 4) is 0 Å². The molecule has 0 saturated heterocycles. The summed E-state index contributed by atoms with van der Waals surface area (Å²) in [6.07, 6.45) is 1.61. The summed E-state index contributed by atoms with van der Waals surface area (Å²) in [6.45, 7) is 5.59. The van der Waals surface area contributed by atoms with Gasteiger partial charge in [0.2, 0.25) is 5.95 Å². The van der Waals surface area contributed by atoms with E-state index in [0.29, 0.717) is 11.6 Å². The molecule has 0 saturated carbocycles. The van der Waals surface area contributed by atoms with E-state index in [9.17, 15) is 4.79 Å². The maximum Gasteiger partial charge on any atom is 0.277 e. The number of carbonyl (C=O) groups is 1. The monoisotopic (exact) mass is 248 g/mol. The molecule has 0 bridgehead atoms. The fourth-order valence-electron chi connectivity index (χ4n) is 1.41. The summed E-state index contributed by atoms with van der Waals surface area (Å²) in [7, 11) is 0. The zero-order valence-electron chi connectivity index (χ0n) is 9.81. The van der Waals surface area contributed by atoms with Crippen LogP contribution in [-0.4, -0.2) is 20.9 Å². The highest BCUT2D eigenvalue weighted by atomic mass is 32.1. The molecule has 0 aliphatic heterocycles. The standard InChI is InChI=1S/C11H12N4OS/c1-6-4-5-12-11(13-6)15-10(16)9-7(2)17-8(3)14-9/h4-5H,1-3H3,(H,12,13,15,16). The Kier molecular flexibility index (Phi) is 3.14. The van der Waals surface area contributed by atoms with Crippen LogP contribution in [0.5, 0.6) is 0 Å². The third kappa shape index (κ3) is 2.65. The lowest BCUT2D eigenvalue weighted by Gasteiger charge is -2.02. The van der Waals surface area contributed by atoms with Crippen LogP contribution in [0.25, 0.3) is 0 Å². The van der Waals surface area contributed by atoms with Crippen molar-refractivity contribution in [2.75, 3.05) is 5.32 Å². The molecule has 6 heteroatoms. The van der Waals surface area contributed by atoms with Gasteiger partial charge in [0, 0.05) is 16.8 Å². The Morgan fingerprint density at radius 3 is 2.65 bits per heavy atom. The molecule has 0 fully saturated rings. The molecular formula is C11H12N4OS. The quantitative estimate of drug-likeness (QED) is 0.883. The fourth-order valence-corrected chi connectivity index (χ4v) is 2.22. The number of hydrogen-bond donors (Lipinski definition) is 1. The molecule has 1 N–H and O–H groups in total. The molecule has 0 aromatic carbocycles. The number of aromatic nitrogens is 3. The van der Waals surface area contributed by atoms with E-state index in [1.165, 1.54) is 11.3 Å². The molecule has 2 aromatic rings. The van der Waals surface area contributed by atoms with Gasteiger partial charge in [-0.2, -0.15) is 0 Å². The number of aryl methyl sites for hydroxylation is 3. The summed E-state index contributed by atoms with van der Waals surface area (Å²) < 4.78 is 0. The van der Waals surface area contributed by atoms with E-state index in [4.69, 9.17) is 0 Å². The molecule has 0 aliphatic carbocycles. The highest BCUT2D eigenvalue weighted by Crippen LogP contribution is 2.17. The second-order valence-corrected chi connectivity index (χ2v) is 5.02. The number of carbonyl (C=O) groups excluding carboxylic acids is 1. The van der Waals surface area contributed by atoms with Crippen LogP contribution in [0.15, 0.2) is 12.3 Å². The Balaban J connectivity index is 2.20. The maximum absolute atomic E-state index is 11.9. The number of thiazole rings is 1. The van der Waals surface area contributed by atoms with Crippen molar-refractivity contribution in [2.45, 2.75) is 20.8 Å². The van der Waals surface area contributed by atoms with Crippen molar-refractivity contribution in [1.29, 1.82) is 0 Å². The van der Waals surface area contributed by atoms with Crippen molar-refractivity contribution in [1.82, 2.24) is 15.0 Å². The molecule has 2 aromatic heterocycles. The Labute approximate surface area is 103 Å². The summed E-state index contributed by atoms with van der Waals surface area (Å²) in [5, 5.41) is 3.51. The predicted octanol–water partition coefficient (Wildman–Crippen LogP) is 2.11. The normalized spacial score (nSPS) is 10.3. The van der Waals surface area contributed by atoms with Crippen LogP contribution >= 0.6 is 11.3 Å². The lowest BCUT2D eigenvalue weighted by Crippen LogP contribution is -2.15. The minimum Gasteiger partial charge on any atom is -0.289 e. The number of amides is 1. The summed E-state index contributed by atoms with van der Waals surface area (Å²) in [5.41, 5.74) is 1.25. The van der Waals surface area contributed by atoms with E-state index in [-0.39, 0.29) is 5.91 Å². The molecule has 1 amide bonds. The Morgan fingerprint density at radius 1 is 1.29 bits per heavy atom. The molecular weight excluding hydrogens is 236 g/mol. The van der Waals surface area contributed by atoms with Crippen molar-refractivity contribution >= 4 is 23.2 Å². The van der Waals surface area contributed by atoms with E-state index < -0.39 is 0 Å². The van der Waals surface area contributed by atoms with Crippen LogP contribution in [0.3, 0.4) is 0 Å². The summed E-state index contributed by atoms with van der Waals surface area (Å²) in [5.74, 6) is 0.0394. The minimum atomic E-state index is -0.266. The molecule has 0 radical (unpaired) electrons. The molecule has 0 atom stereocenters. The highest BCUT2D eigenvalue weighted by Gasteiger charge is 2.14. The van der Waals surface area contributed by atoms with Gasteiger partial charge in [-0.05, 0) is 26.8 Å². The van der Waals surface area contributed by atoms with Gasteiger partial charge in [-0.1, -0.05) is 0 Å². The van der Waals surface area contributed by atoms with Crippen LogP contribution in [0.2, 0.25) is 0 Å².